The van der Waals surface area contributed by atoms with Gasteiger partial charge in [-0.25, -0.2) is 0 Å². The highest BCUT2D eigenvalue weighted by atomic mass is 16.5. The monoisotopic (exact) mass is 424 g/mol. The molecule has 4 aromatic carbocycles. The molecule has 0 spiro atoms. The molecule has 0 aliphatic rings. The molecule has 0 N–H and O–H groups in total. The van der Waals surface area contributed by atoms with Crippen molar-refractivity contribution < 1.29 is 14.3 Å². The molecule has 0 fully saturated rings. The average molecular weight is 425 g/mol. The zero-order valence-corrected chi connectivity index (χ0v) is 18.5. The van der Waals surface area contributed by atoms with Gasteiger partial charge in [-0.15, -0.1) is 0 Å². The van der Waals surface area contributed by atoms with Crippen molar-refractivity contribution in [1.29, 1.82) is 0 Å². The number of hydrogen-bond donors (Lipinski definition) is 0. The average Bonchev–Trinajstić information content (AvgIpc) is 2.82. The number of hydrogen-bond acceptors (Lipinski definition) is 3. The first-order chi connectivity index (χ1) is 15.7. The van der Waals surface area contributed by atoms with Crippen LogP contribution in [-0.4, -0.2) is 5.97 Å². The fourth-order valence-electron chi connectivity index (χ4n) is 4.16. The van der Waals surface area contributed by atoms with Crippen LogP contribution in [0.15, 0.2) is 85.6 Å². The van der Waals surface area contributed by atoms with E-state index in [1.54, 1.807) is 0 Å². The Kier molecular flexibility index (Phi) is 6.86. The molecule has 32 heavy (non-hydrogen) atoms. The number of ether oxygens (including phenoxy) is 2. The van der Waals surface area contributed by atoms with E-state index in [1.807, 2.05) is 48.5 Å². The molecule has 0 aromatic heterocycles. The molecule has 0 bridgehead atoms. The van der Waals surface area contributed by atoms with Crippen molar-refractivity contribution in [2.45, 2.75) is 39.0 Å². The van der Waals surface area contributed by atoms with E-state index in [-0.39, 0.29) is 5.97 Å². The third-order valence-corrected chi connectivity index (χ3v) is 5.70. The van der Waals surface area contributed by atoms with Crippen molar-refractivity contribution in [1.82, 2.24) is 0 Å². The van der Waals surface area contributed by atoms with Gasteiger partial charge in [0.25, 0.3) is 0 Å². The molecular formula is C29H28O3. The third kappa shape index (κ3) is 4.52. The molecule has 0 saturated heterocycles. The van der Waals surface area contributed by atoms with E-state index >= 15 is 0 Å². The van der Waals surface area contributed by atoms with E-state index in [2.05, 4.69) is 37.8 Å². The normalized spacial score (nSPS) is 10.9. The zero-order valence-electron chi connectivity index (χ0n) is 18.5. The lowest BCUT2D eigenvalue weighted by Crippen LogP contribution is -2.08. The summed E-state index contributed by atoms with van der Waals surface area (Å²) in [5, 5.41) is 4.20. The van der Waals surface area contributed by atoms with Crippen molar-refractivity contribution in [2.75, 3.05) is 0 Å². The first-order valence-corrected chi connectivity index (χ1v) is 11.2. The predicted octanol–water partition coefficient (Wildman–Crippen LogP) is 8.06. The topological polar surface area (TPSA) is 35.5 Å². The third-order valence-electron chi connectivity index (χ3n) is 5.70. The molecule has 162 valence electrons. The first kappa shape index (κ1) is 21.6. The van der Waals surface area contributed by atoms with Gasteiger partial charge >= 0.3 is 5.97 Å². The van der Waals surface area contributed by atoms with E-state index in [1.165, 1.54) is 6.26 Å². The maximum atomic E-state index is 12.7. The van der Waals surface area contributed by atoms with Crippen molar-refractivity contribution in [3.8, 4) is 22.6 Å². The summed E-state index contributed by atoms with van der Waals surface area (Å²) in [5.74, 6) is 1.02. The van der Waals surface area contributed by atoms with Gasteiger partial charge in [-0.2, -0.15) is 0 Å². The number of unbranched alkanes of at least 4 members (excludes halogenated alkanes) is 3. The van der Waals surface area contributed by atoms with Gasteiger partial charge in [-0.05, 0) is 40.1 Å². The molecule has 0 aliphatic heterocycles. The molecule has 0 heterocycles. The van der Waals surface area contributed by atoms with Gasteiger partial charge in [-0.1, -0.05) is 93.4 Å². The van der Waals surface area contributed by atoms with Gasteiger partial charge in [-0.3, -0.25) is 4.79 Å². The molecule has 0 aliphatic carbocycles. The van der Waals surface area contributed by atoms with Gasteiger partial charge in [0.15, 0.2) is 0 Å². The molecule has 0 unspecified atom stereocenters. The standard InChI is InChI=1S/C29H28O3/c1-3-5-6-7-16-27(30)32-26-20-18-22-13-9-11-15-24(22)29(26)28-23-14-10-8-12-21(23)17-19-25(28)31-4-2/h4,8-15,17-20H,2-3,5-7,16H2,1H3. The van der Waals surface area contributed by atoms with Gasteiger partial charge < -0.3 is 9.47 Å². The summed E-state index contributed by atoms with van der Waals surface area (Å²) < 4.78 is 11.8. The Labute approximate surface area is 189 Å². The second kappa shape index (κ2) is 10.1. The Morgan fingerprint density at radius 1 is 0.781 bits per heavy atom. The summed E-state index contributed by atoms with van der Waals surface area (Å²) in [4.78, 5) is 12.7. The molecule has 4 aromatic rings. The molecule has 0 saturated carbocycles. The van der Waals surface area contributed by atoms with Crippen LogP contribution in [0.4, 0.5) is 0 Å². The quantitative estimate of drug-likeness (QED) is 0.118. The Morgan fingerprint density at radius 2 is 1.38 bits per heavy atom. The van der Waals surface area contributed by atoms with Gasteiger partial charge in [0.05, 0.1) is 6.26 Å². The lowest BCUT2D eigenvalue weighted by molar-refractivity contribution is -0.134. The van der Waals surface area contributed by atoms with Crippen LogP contribution in [0.3, 0.4) is 0 Å². The van der Waals surface area contributed by atoms with Crippen LogP contribution in [0.5, 0.6) is 11.5 Å². The minimum atomic E-state index is -0.205. The fraction of sp³-hybridized carbons (Fsp3) is 0.207. The highest BCUT2D eigenvalue weighted by Gasteiger charge is 2.20. The predicted molar refractivity (Wildman–Crippen MR) is 132 cm³/mol. The lowest BCUT2D eigenvalue weighted by atomic mass is 9.92. The van der Waals surface area contributed by atoms with Crippen molar-refractivity contribution in [3.05, 3.63) is 85.6 Å². The number of benzene rings is 4. The fourth-order valence-corrected chi connectivity index (χ4v) is 4.16. The molecule has 0 atom stereocenters. The summed E-state index contributed by atoms with van der Waals surface area (Å²) in [6.45, 7) is 5.90. The Balaban J connectivity index is 1.88. The maximum Gasteiger partial charge on any atom is 0.311 e. The maximum absolute atomic E-state index is 12.7. The Morgan fingerprint density at radius 3 is 2.00 bits per heavy atom. The first-order valence-electron chi connectivity index (χ1n) is 11.2. The second-order valence-corrected chi connectivity index (χ2v) is 7.89. The number of rotatable bonds is 9. The van der Waals surface area contributed by atoms with Crippen LogP contribution in [0.25, 0.3) is 32.7 Å². The van der Waals surface area contributed by atoms with Crippen molar-refractivity contribution in [2.24, 2.45) is 0 Å². The second-order valence-electron chi connectivity index (χ2n) is 7.89. The summed E-state index contributed by atoms with van der Waals surface area (Å²) in [5.41, 5.74) is 1.76. The summed E-state index contributed by atoms with van der Waals surface area (Å²) in [6, 6.07) is 24.2. The number of esters is 1. The molecular weight excluding hydrogens is 396 g/mol. The van der Waals surface area contributed by atoms with Crippen LogP contribution < -0.4 is 9.47 Å². The van der Waals surface area contributed by atoms with Crippen molar-refractivity contribution >= 4 is 27.5 Å². The summed E-state index contributed by atoms with van der Waals surface area (Å²) in [7, 11) is 0. The van der Waals surface area contributed by atoms with Gasteiger partial charge in [0, 0.05) is 17.5 Å². The summed E-state index contributed by atoms with van der Waals surface area (Å²) >= 11 is 0. The van der Waals surface area contributed by atoms with Gasteiger partial charge in [0.1, 0.15) is 11.5 Å². The molecule has 0 radical (unpaired) electrons. The Hall–Kier alpha value is -3.59. The molecule has 0 amide bonds. The highest BCUT2D eigenvalue weighted by Crippen LogP contribution is 2.45. The molecule has 3 heteroatoms. The van der Waals surface area contributed by atoms with E-state index in [0.717, 1.165) is 58.4 Å². The van der Waals surface area contributed by atoms with Crippen LogP contribution in [0.2, 0.25) is 0 Å². The number of carbonyl (C=O) groups excluding carboxylic acids is 1. The number of fused-ring (bicyclic) bond motifs is 2. The summed E-state index contributed by atoms with van der Waals surface area (Å²) in [6.07, 6.45) is 5.99. The van der Waals surface area contributed by atoms with Crippen LogP contribution in [0, 0.1) is 0 Å². The SMILES string of the molecule is C=COc1ccc2ccccc2c1-c1c(OC(=O)CCCCCC)ccc2ccccc12. The zero-order chi connectivity index (χ0) is 22.3. The van der Waals surface area contributed by atoms with Crippen LogP contribution in [0.1, 0.15) is 39.0 Å². The minimum Gasteiger partial charge on any atom is -0.465 e. The largest absolute Gasteiger partial charge is 0.465 e. The minimum absolute atomic E-state index is 0.205. The Bertz CT molecular complexity index is 1260. The van der Waals surface area contributed by atoms with E-state index < -0.39 is 0 Å². The number of carbonyl (C=O) groups is 1. The van der Waals surface area contributed by atoms with Crippen LogP contribution >= 0.6 is 0 Å². The highest BCUT2D eigenvalue weighted by molar-refractivity contribution is 6.10. The van der Waals surface area contributed by atoms with Crippen LogP contribution in [-0.2, 0) is 4.79 Å². The molecule has 4 rings (SSSR count). The van der Waals surface area contributed by atoms with Crippen molar-refractivity contribution in [3.63, 3.8) is 0 Å². The molecule has 3 nitrogen and oxygen atoms in total. The van der Waals surface area contributed by atoms with E-state index in [4.69, 9.17) is 9.47 Å². The smallest absolute Gasteiger partial charge is 0.311 e. The van der Waals surface area contributed by atoms with E-state index in [0.29, 0.717) is 17.9 Å². The van der Waals surface area contributed by atoms with Gasteiger partial charge in [0.2, 0.25) is 0 Å². The lowest BCUT2D eigenvalue weighted by Gasteiger charge is -2.18. The van der Waals surface area contributed by atoms with E-state index in [9.17, 15) is 4.79 Å².